The van der Waals surface area contributed by atoms with E-state index in [0.717, 1.165) is 17.1 Å². The molecule has 0 radical (unpaired) electrons. The molecule has 0 aliphatic heterocycles. The van der Waals surface area contributed by atoms with Gasteiger partial charge in [0.1, 0.15) is 0 Å². The number of hydrogen-bond donors (Lipinski definition) is 1. The van der Waals surface area contributed by atoms with E-state index in [9.17, 15) is 0 Å². The zero-order valence-corrected chi connectivity index (χ0v) is 9.83. The van der Waals surface area contributed by atoms with Crippen LogP contribution < -0.4 is 5.73 Å². The van der Waals surface area contributed by atoms with Gasteiger partial charge in [0.05, 0.1) is 23.1 Å². The van der Waals surface area contributed by atoms with E-state index in [0.29, 0.717) is 12.0 Å². The molecule has 1 aromatic rings. The number of hydrogen-bond acceptors (Lipinski definition) is 2. The average molecular weight is 195 g/mol. The second-order valence-electron chi connectivity index (χ2n) is 4.16. The van der Waals surface area contributed by atoms with Crippen LogP contribution in [0.3, 0.4) is 0 Å². The van der Waals surface area contributed by atoms with Crippen molar-refractivity contribution in [3.8, 4) is 0 Å². The van der Waals surface area contributed by atoms with E-state index in [1.165, 1.54) is 6.42 Å². The van der Waals surface area contributed by atoms with Gasteiger partial charge in [0.25, 0.3) is 0 Å². The molecule has 3 heteroatoms. The fourth-order valence-electron chi connectivity index (χ4n) is 1.65. The third-order valence-corrected chi connectivity index (χ3v) is 3.23. The number of rotatable bonds is 3. The first kappa shape index (κ1) is 11.1. The van der Waals surface area contributed by atoms with Gasteiger partial charge in [-0.05, 0) is 26.7 Å². The highest BCUT2D eigenvalue weighted by atomic mass is 15.3. The van der Waals surface area contributed by atoms with E-state index >= 15 is 0 Å². The number of nitrogens with two attached hydrogens (primary N) is 1. The van der Waals surface area contributed by atoms with Crippen LogP contribution in [0.1, 0.15) is 44.6 Å². The molecule has 0 aromatic carbocycles. The smallest absolute Gasteiger partial charge is 0.0826 e. The molecule has 0 aliphatic rings. The molecule has 14 heavy (non-hydrogen) atoms. The summed E-state index contributed by atoms with van der Waals surface area (Å²) in [5.41, 5.74) is 8.77. The predicted octanol–water partition coefficient (Wildman–Crippen LogP) is 2.69. The minimum Gasteiger partial charge on any atom is -0.396 e. The maximum Gasteiger partial charge on any atom is 0.0826 e. The number of nitrogen functional groups attached to an aromatic ring is 1. The molecule has 80 valence electrons. The standard InChI is InChI=1S/C11H21N3/c1-6-7(2)9(4)14-10(5)11(12)8(3)13-14/h7,9H,6,12H2,1-5H3. The molecule has 1 aromatic heterocycles. The van der Waals surface area contributed by atoms with Crippen LogP contribution in [0.5, 0.6) is 0 Å². The van der Waals surface area contributed by atoms with Crippen LogP contribution in [0.4, 0.5) is 5.69 Å². The van der Waals surface area contributed by atoms with Crippen LogP contribution in [0.15, 0.2) is 0 Å². The van der Waals surface area contributed by atoms with Crippen molar-refractivity contribution < 1.29 is 0 Å². The second-order valence-corrected chi connectivity index (χ2v) is 4.16. The van der Waals surface area contributed by atoms with Crippen molar-refractivity contribution in [1.82, 2.24) is 9.78 Å². The molecule has 0 saturated carbocycles. The molecule has 1 heterocycles. The molecule has 1 rings (SSSR count). The lowest BCUT2D eigenvalue weighted by Gasteiger charge is -2.20. The molecular formula is C11H21N3. The monoisotopic (exact) mass is 195 g/mol. The van der Waals surface area contributed by atoms with Crippen LogP contribution in [-0.2, 0) is 0 Å². The van der Waals surface area contributed by atoms with Crippen molar-refractivity contribution in [2.24, 2.45) is 5.92 Å². The number of anilines is 1. The fraction of sp³-hybridized carbons (Fsp3) is 0.727. The predicted molar refractivity (Wildman–Crippen MR) is 60.3 cm³/mol. The summed E-state index contributed by atoms with van der Waals surface area (Å²) in [6.07, 6.45) is 1.17. The maximum absolute atomic E-state index is 5.90. The van der Waals surface area contributed by atoms with Crippen molar-refractivity contribution in [2.45, 2.75) is 47.1 Å². The van der Waals surface area contributed by atoms with Crippen molar-refractivity contribution in [3.63, 3.8) is 0 Å². The molecule has 0 saturated heterocycles. The molecule has 3 nitrogen and oxygen atoms in total. The van der Waals surface area contributed by atoms with Crippen LogP contribution in [0.25, 0.3) is 0 Å². The lowest BCUT2D eigenvalue weighted by Crippen LogP contribution is -2.16. The van der Waals surface area contributed by atoms with E-state index in [-0.39, 0.29) is 0 Å². The average Bonchev–Trinajstić information content (AvgIpc) is 2.43. The summed E-state index contributed by atoms with van der Waals surface area (Å²) in [6, 6.07) is 0.427. The molecule has 2 unspecified atom stereocenters. The Balaban J connectivity index is 3.01. The van der Waals surface area contributed by atoms with Gasteiger partial charge in [-0.2, -0.15) is 5.10 Å². The van der Waals surface area contributed by atoms with Gasteiger partial charge >= 0.3 is 0 Å². The van der Waals surface area contributed by atoms with E-state index in [1.54, 1.807) is 0 Å². The summed E-state index contributed by atoms with van der Waals surface area (Å²) in [7, 11) is 0. The highest BCUT2D eigenvalue weighted by molar-refractivity contribution is 5.46. The Hall–Kier alpha value is -0.990. The zero-order valence-electron chi connectivity index (χ0n) is 9.83. The van der Waals surface area contributed by atoms with Gasteiger partial charge in [0.2, 0.25) is 0 Å². The van der Waals surface area contributed by atoms with Gasteiger partial charge in [-0.15, -0.1) is 0 Å². The number of aromatic nitrogens is 2. The summed E-state index contributed by atoms with van der Waals surface area (Å²) < 4.78 is 2.05. The molecular weight excluding hydrogens is 174 g/mol. The minimum absolute atomic E-state index is 0.427. The normalized spacial score (nSPS) is 15.5. The van der Waals surface area contributed by atoms with E-state index < -0.39 is 0 Å². The lowest BCUT2D eigenvalue weighted by molar-refractivity contribution is 0.337. The fourth-order valence-corrected chi connectivity index (χ4v) is 1.65. The quantitative estimate of drug-likeness (QED) is 0.805. The van der Waals surface area contributed by atoms with Crippen molar-refractivity contribution in [3.05, 3.63) is 11.4 Å². The molecule has 2 atom stereocenters. The zero-order chi connectivity index (χ0) is 10.9. The maximum atomic E-state index is 5.90. The molecule has 0 bridgehead atoms. The van der Waals surface area contributed by atoms with Crippen molar-refractivity contribution >= 4 is 5.69 Å². The molecule has 0 aliphatic carbocycles. The lowest BCUT2D eigenvalue weighted by atomic mass is 10.0. The van der Waals surface area contributed by atoms with Gasteiger partial charge in [-0.25, -0.2) is 0 Å². The van der Waals surface area contributed by atoms with Crippen LogP contribution in [-0.4, -0.2) is 9.78 Å². The molecule has 0 fully saturated rings. The first-order chi connectivity index (χ1) is 6.49. The molecule has 0 amide bonds. The third kappa shape index (κ3) is 1.76. The Morgan fingerprint density at radius 3 is 2.29 bits per heavy atom. The van der Waals surface area contributed by atoms with Gasteiger partial charge in [0.15, 0.2) is 0 Å². The summed E-state index contributed by atoms with van der Waals surface area (Å²) in [4.78, 5) is 0. The SMILES string of the molecule is CCC(C)C(C)n1nc(C)c(N)c1C. The topological polar surface area (TPSA) is 43.8 Å². The Morgan fingerprint density at radius 1 is 1.36 bits per heavy atom. The second kappa shape index (κ2) is 4.03. The van der Waals surface area contributed by atoms with Crippen LogP contribution in [0.2, 0.25) is 0 Å². The highest BCUT2D eigenvalue weighted by Crippen LogP contribution is 2.25. The third-order valence-electron chi connectivity index (χ3n) is 3.23. The Labute approximate surface area is 86.3 Å². The van der Waals surface area contributed by atoms with Crippen molar-refractivity contribution in [2.75, 3.05) is 5.73 Å². The van der Waals surface area contributed by atoms with Gasteiger partial charge < -0.3 is 5.73 Å². The van der Waals surface area contributed by atoms with E-state index in [4.69, 9.17) is 5.73 Å². The van der Waals surface area contributed by atoms with Crippen molar-refractivity contribution in [1.29, 1.82) is 0 Å². The minimum atomic E-state index is 0.427. The van der Waals surface area contributed by atoms with Gasteiger partial charge in [-0.1, -0.05) is 20.3 Å². The Morgan fingerprint density at radius 2 is 1.93 bits per heavy atom. The van der Waals surface area contributed by atoms with Gasteiger partial charge in [0, 0.05) is 0 Å². The summed E-state index contributed by atoms with van der Waals surface area (Å²) in [6.45, 7) is 10.6. The largest absolute Gasteiger partial charge is 0.396 e. The van der Waals surface area contributed by atoms with E-state index in [1.807, 2.05) is 13.8 Å². The number of aryl methyl sites for hydroxylation is 1. The Bertz CT molecular complexity index is 315. The Kier molecular flexibility index (Phi) is 3.19. The highest BCUT2D eigenvalue weighted by Gasteiger charge is 2.17. The van der Waals surface area contributed by atoms with Crippen LogP contribution in [0, 0.1) is 19.8 Å². The number of nitrogens with zero attached hydrogens (tertiary/aromatic N) is 2. The first-order valence-corrected chi connectivity index (χ1v) is 5.30. The van der Waals surface area contributed by atoms with E-state index in [2.05, 4.69) is 30.6 Å². The molecule has 0 spiro atoms. The van der Waals surface area contributed by atoms with Crippen LogP contribution >= 0.6 is 0 Å². The molecule has 2 N–H and O–H groups in total. The van der Waals surface area contributed by atoms with Gasteiger partial charge in [-0.3, -0.25) is 4.68 Å². The summed E-state index contributed by atoms with van der Waals surface area (Å²) in [5.74, 6) is 0.632. The summed E-state index contributed by atoms with van der Waals surface area (Å²) >= 11 is 0. The summed E-state index contributed by atoms with van der Waals surface area (Å²) in [5, 5.41) is 4.47. The first-order valence-electron chi connectivity index (χ1n) is 5.30.